The molecule has 0 bridgehead atoms. The first-order valence-electron chi connectivity index (χ1n) is 11.7. The number of rotatable bonds is 6. The molecule has 184 valence electrons. The van der Waals surface area contributed by atoms with Gasteiger partial charge in [-0.1, -0.05) is 18.2 Å². The topological polar surface area (TPSA) is 164 Å². The summed E-state index contributed by atoms with van der Waals surface area (Å²) >= 11 is 0. The van der Waals surface area contributed by atoms with Crippen molar-refractivity contribution >= 4 is 39.5 Å². The predicted molar refractivity (Wildman–Crippen MR) is 142 cm³/mol. The van der Waals surface area contributed by atoms with E-state index in [9.17, 15) is 4.79 Å². The largest absolute Gasteiger partial charge is 0.405 e. The number of nitrogens with one attached hydrogen (secondary N) is 4. The van der Waals surface area contributed by atoms with Crippen LogP contribution in [0, 0.1) is 5.92 Å². The molecule has 37 heavy (non-hydrogen) atoms. The lowest BCUT2D eigenvalue weighted by Crippen LogP contribution is -2.34. The van der Waals surface area contributed by atoms with Gasteiger partial charge in [-0.25, -0.2) is 9.97 Å². The van der Waals surface area contributed by atoms with Crippen LogP contribution in [0.5, 0.6) is 0 Å². The Morgan fingerprint density at radius 2 is 2.11 bits per heavy atom. The third kappa shape index (κ3) is 4.18. The lowest BCUT2D eigenvalue weighted by Gasteiger charge is -2.20. The average molecular weight is 493 g/mol. The number of carbonyl (C=O) groups excluding carboxylic acids is 1. The minimum atomic E-state index is -0.288. The van der Waals surface area contributed by atoms with Gasteiger partial charge in [-0.2, -0.15) is 5.10 Å². The summed E-state index contributed by atoms with van der Waals surface area (Å²) in [7, 11) is 0. The quantitative estimate of drug-likeness (QED) is 0.223. The monoisotopic (exact) mass is 492 g/mol. The van der Waals surface area contributed by atoms with Crippen molar-refractivity contribution in [2.24, 2.45) is 17.4 Å². The molecule has 1 aromatic carbocycles. The number of aromatic nitrogens is 5. The Kier molecular flexibility index (Phi) is 5.41. The van der Waals surface area contributed by atoms with Crippen LogP contribution in [0.15, 0.2) is 97.0 Å². The third-order valence-corrected chi connectivity index (χ3v) is 6.27. The highest BCUT2D eigenvalue weighted by atomic mass is 16.2. The number of nitrogens with zero attached hydrogens (tertiary/aromatic N) is 4. The molecule has 2 unspecified atom stereocenters. The number of aromatic amines is 1. The summed E-state index contributed by atoms with van der Waals surface area (Å²) < 4.78 is 1.94. The van der Waals surface area contributed by atoms with Crippen LogP contribution in [-0.4, -0.2) is 36.5 Å². The maximum Gasteiger partial charge on any atom is 0.271 e. The zero-order valence-corrected chi connectivity index (χ0v) is 19.6. The molecule has 2 atom stereocenters. The molecule has 0 fully saturated rings. The molecule has 0 radical (unpaired) electrons. The summed E-state index contributed by atoms with van der Waals surface area (Å²) in [5.74, 6) is 1.14. The van der Waals surface area contributed by atoms with Gasteiger partial charge >= 0.3 is 0 Å². The Morgan fingerprint density at radius 3 is 2.97 bits per heavy atom. The SMILES string of the molecule is N/C=C\C(=C/N)NC(=O)C1=CC2C=CC(c3nc(Nc4ccc5[nH]ncc5c4)cc4nccn34)=CC2N1. The number of H-pyrrole nitrogens is 1. The van der Waals surface area contributed by atoms with Crippen LogP contribution >= 0.6 is 0 Å². The summed E-state index contributed by atoms with van der Waals surface area (Å²) in [5.41, 5.74) is 15.4. The van der Waals surface area contributed by atoms with Gasteiger partial charge < -0.3 is 27.4 Å². The van der Waals surface area contributed by atoms with Gasteiger partial charge in [0.2, 0.25) is 0 Å². The number of amides is 1. The van der Waals surface area contributed by atoms with E-state index in [1.807, 2.05) is 47.0 Å². The van der Waals surface area contributed by atoms with Crippen LogP contribution in [-0.2, 0) is 4.79 Å². The van der Waals surface area contributed by atoms with E-state index in [1.54, 1.807) is 12.4 Å². The molecule has 6 rings (SSSR count). The van der Waals surface area contributed by atoms with Crippen molar-refractivity contribution in [2.75, 3.05) is 5.32 Å². The van der Waals surface area contributed by atoms with Crippen LogP contribution in [0.3, 0.4) is 0 Å². The number of nitrogens with two attached hydrogens (primary N) is 2. The molecule has 2 aliphatic rings. The van der Waals surface area contributed by atoms with E-state index in [4.69, 9.17) is 16.5 Å². The Hall–Kier alpha value is -5.32. The Balaban J connectivity index is 1.26. The Bertz CT molecular complexity index is 1670. The van der Waals surface area contributed by atoms with E-state index >= 15 is 0 Å². The molecule has 1 aliphatic carbocycles. The van der Waals surface area contributed by atoms with Crippen LogP contribution in [0.4, 0.5) is 11.5 Å². The maximum atomic E-state index is 12.7. The van der Waals surface area contributed by atoms with E-state index in [2.05, 4.69) is 43.3 Å². The van der Waals surface area contributed by atoms with Gasteiger partial charge in [-0.3, -0.25) is 14.3 Å². The number of hydrogen-bond acceptors (Lipinski definition) is 8. The van der Waals surface area contributed by atoms with Crippen LogP contribution < -0.4 is 27.4 Å². The molecule has 4 aromatic rings. The fourth-order valence-corrected chi connectivity index (χ4v) is 4.50. The summed E-state index contributed by atoms with van der Waals surface area (Å²) in [6, 6.07) is 7.75. The highest BCUT2D eigenvalue weighted by molar-refractivity contribution is 5.95. The van der Waals surface area contributed by atoms with Gasteiger partial charge in [0.1, 0.15) is 17.3 Å². The van der Waals surface area contributed by atoms with Crippen molar-refractivity contribution in [1.82, 2.24) is 35.2 Å². The van der Waals surface area contributed by atoms with Crippen molar-refractivity contribution in [3.05, 3.63) is 103 Å². The summed E-state index contributed by atoms with van der Waals surface area (Å²) in [6.45, 7) is 0. The number of benzene rings is 1. The fraction of sp³-hybridized carbons (Fsp3) is 0.0769. The first kappa shape index (κ1) is 22.2. The van der Waals surface area contributed by atoms with Gasteiger partial charge in [0.05, 0.1) is 29.1 Å². The molecule has 0 saturated carbocycles. The van der Waals surface area contributed by atoms with E-state index < -0.39 is 0 Å². The fourth-order valence-electron chi connectivity index (χ4n) is 4.50. The zero-order chi connectivity index (χ0) is 25.4. The second-order valence-electron chi connectivity index (χ2n) is 8.66. The van der Waals surface area contributed by atoms with Crippen molar-refractivity contribution < 1.29 is 4.79 Å². The zero-order valence-electron chi connectivity index (χ0n) is 19.6. The van der Waals surface area contributed by atoms with Crippen LogP contribution in [0.2, 0.25) is 0 Å². The molecule has 8 N–H and O–H groups in total. The molecular formula is C26H24N10O. The second kappa shape index (κ2) is 9.04. The number of fused-ring (bicyclic) bond motifs is 3. The van der Waals surface area contributed by atoms with Crippen LogP contribution in [0.25, 0.3) is 22.1 Å². The Morgan fingerprint density at radius 1 is 1.19 bits per heavy atom. The smallest absolute Gasteiger partial charge is 0.271 e. The molecule has 3 aromatic heterocycles. The summed E-state index contributed by atoms with van der Waals surface area (Å²) in [5, 5.41) is 17.5. The predicted octanol–water partition coefficient (Wildman–Crippen LogP) is 2.16. The molecular weight excluding hydrogens is 468 g/mol. The van der Waals surface area contributed by atoms with Crippen LogP contribution in [0.1, 0.15) is 5.82 Å². The molecule has 11 heteroatoms. The molecule has 1 aliphatic heterocycles. The number of anilines is 2. The van der Waals surface area contributed by atoms with Crippen molar-refractivity contribution in [3.63, 3.8) is 0 Å². The van der Waals surface area contributed by atoms with Gasteiger partial charge in [-0.05, 0) is 36.6 Å². The maximum absolute atomic E-state index is 12.7. The van der Waals surface area contributed by atoms with Crippen molar-refractivity contribution in [2.45, 2.75) is 6.04 Å². The molecule has 1 amide bonds. The van der Waals surface area contributed by atoms with E-state index in [1.165, 1.54) is 18.5 Å². The molecule has 11 nitrogen and oxygen atoms in total. The van der Waals surface area contributed by atoms with Gasteiger partial charge in [0.25, 0.3) is 5.91 Å². The second-order valence-corrected chi connectivity index (χ2v) is 8.66. The Labute approximate surface area is 211 Å². The van der Waals surface area contributed by atoms with E-state index in [0.29, 0.717) is 17.2 Å². The number of allylic oxidation sites excluding steroid dienone is 3. The van der Waals surface area contributed by atoms with Gasteiger partial charge in [0.15, 0.2) is 0 Å². The third-order valence-electron chi connectivity index (χ3n) is 6.27. The summed E-state index contributed by atoms with van der Waals surface area (Å²) in [6.07, 6.45) is 17.6. The summed E-state index contributed by atoms with van der Waals surface area (Å²) in [4.78, 5) is 22.1. The normalized spacial score (nSPS) is 19.1. The highest BCUT2D eigenvalue weighted by Gasteiger charge is 2.30. The van der Waals surface area contributed by atoms with Crippen molar-refractivity contribution in [1.29, 1.82) is 0 Å². The molecule has 0 spiro atoms. The number of carbonyl (C=O) groups is 1. The minimum Gasteiger partial charge on any atom is -0.405 e. The highest BCUT2D eigenvalue weighted by Crippen LogP contribution is 2.30. The molecule has 0 saturated heterocycles. The van der Waals surface area contributed by atoms with E-state index in [-0.39, 0.29) is 17.9 Å². The van der Waals surface area contributed by atoms with Gasteiger partial charge in [0, 0.05) is 47.2 Å². The first-order chi connectivity index (χ1) is 18.1. The average Bonchev–Trinajstić information content (AvgIpc) is 3.66. The van der Waals surface area contributed by atoms with E-state index in [0.717, 1.165) is 33.6 Å². The first-order valence-corrected chi connectivity index (χ1v) is 11.7. The lowest BCUT2D eigenvalue weighted by atomic mass is 9.93. The molecule has 4 heterocycles. The number of imidazole rings is 1. The number of hydrogen-bond donors (Lipinski definition) is 6. The van der Waals surface area contributed by atoms with Gasteiger partial charge in [-0.15, -0.1) is 0 Å². The van der Waals surface area contributed by atoms with Crippen molar-refractivity contribution in [3.8, 4) is 0 Å². The lowest BCUT2D eigenvalue weighted by molar-refractivity contribution is -0.117. The minimum absolute atomic E-state index is 0.0288. The standard InChI is InChI=1S/C26H24N10O/c27-6-5-19(13-28)32-26(37)22-10-15-1-2-16(11-21(15)33-22)25-34-23(12-24-29-7-8-36(24)25)31-18-3-4-20-17(9-18)14-30-35-20/h1-15,21,31,33H,27-28H2,(H,30,35)(H,32,37)/b6-5-,19-13+.